The van der Waals surface area contributed by atoms with E-state index in [0.29, 0.717) is 18.4 Å². The molecule has 4 rings (SSSR count). The van der Waals surface area contributed by atoms with Crippen molar-refractivity contribution in [1.82, 2.24) is 19.9 Å². The fraction of sp³-hybridized carbons (Fsp3) is 0.419. The van der Waals surface area contributed by atoms with Crippen LogP contribution in [-0.4, -0.2) is 47.1 Å². The van der Waals surface area contributed by atoms with Crippen LogP contribution in [0.5, 0.6) is 11.6 Å². The van der Waals surface area contributed by atoms with Crippen molar-refractivity contribution in [2.24, 2.45) is 5.41 Å². The van der Waals surface area contributed by atoms with E-state index >= 15 is 0 Å². The van der Waals surface area contributed by atoms with Gasteiger partial charge in [-0.25, -0.2) is 9.97 Å². The average molecular weight is 516 g/mol. The zero-order valence-corrected chi connectivity index (χ0v) is 23.9. The van der Waals surface area contributed by atoms with E-state index in [9.17, 15) is 0 Å². The summed E-state index contributed by atoms with van der Waals surface area (Å²) in [5, 5.41) is 3.36. The lowest BCUT2D eigenvalue weighted by Gasteiger charge is -2.29. The Hall–Kier alpha value is -3.42. The van der Waals surface area contributed by atoms with Gasteiger partial charge in [0, 0.05) is 23.7 Å². The molecule has 0 aliphatic heterocycles. The van der Waals surface area contributed by atoms with Crippen LogP contribution >= 0.6 is 0 Å². The van der Waals surface area contributed by atoms with Crippen LogP contribution in [0.25, 0.3) is 11.0 Å². The summed E-state index contributed by atoms with van der Waals surface area (Å²) in [6.07, 6.45) is 1.70. The molecule has 202 valence electrons. The minimum Gasteiger partial charge on any atom is -0.437 e. The molecule has 2 aromatic heterocycles. The van der Waals surface area contributed by atoms with Crippen LogP contribution in [0.4, 0.5) is 11.6 Å². The molecule has 2 aromatic carbocycles. The number of benzene rings is 2. The van der Waals surface area contributed by atoms with Gasteiger partial charge in [0.25, 0.3) is 0 Å². The second-order valence-electron chi connectivity index (χ2n) is 12.0. The molecule has 4 aromatic rings. The first-order valence-corrected chi connectivity index (χ1v) is 13.2. The molecule has 0 saturated heterocycles. The zero-order valence-electron chi connectivity index (χ0n) is 23.9. The molecule has 7 heteroatoms. The van der Waals surface area contributed by atoms with Gasteiger partial charge in [0.15, 0.2) is 0 Å². The summed E-state index contributed by atoms with van der Waals surface area (Å²) in [6, 6.07) is 18.1. The fourth-order valence-electron chi connectivity index (χ4n) is 4.66. The molecule has 0 amide bonds. The van der Waals surface area contributed by atoms with Crippen molar-refractivity contribution < 1.29 is 9.47 Å². The molecule has 2 N–H and O–H groups in total. The Balaban J connectivity index is 1.51. The van der Waals surface area contributed by atoms with Gasteiger partial charge in [0.2, 0.25) is 11.8 Å². The molecule has 38 heavy (non-hydrogen) atoms. The van der Waals surface area contributed by atoms with E-state index in [2.05, 4.69) is 94.0 Å². The summed E-state index contributed by atoms with van der Waals surface area (Å²) in [7, 11) is 4.18. The molecule has 1 atom stereocenters. The summed E-state index contributed by atoms with van der Waals surface area (Å²) in [4.78, 5) is 14.8. The molecule has 0 bridgehead atoms. The molecular formula is C31H41N5O2. The lowest BCUT2D eigenvalue weighted by molar-refractivity contribution is 0.00242. The molecule has 7 nitrogen and oxygen atoms in total. The molecule has 0 radical (unpaired) electrons. The maximum absolute atomic E-state index is 6.31. The van der Waals surface area contributed by atoms with E-state index in [-0.39, 0.29) is 16.9 Å². The van der Waals surface area contributed by atoms with Crippen LogP contribution in [0, 0.1) is 5.41 Å². The standard InChI is InChI=1S/C31H41N5O2/c1-21(37-20-31(5,6)19-36(7)8)22-15-16-24-26(18-22)35-29(33-24)34-25-13-11-17-32-28(25)38-27-14-10-9-12-23(27)30(2,3)4/h9-18,21H,19-20H2,1-8H3,(H2,33,34,35). The normalized spacial score (nSPS) is 13.2. The highest BCUT2D eigenvalue weighted by Crippen LogP contribution is 2.36. The summed E-state index contributed by atoms with van der Waals surface area (Å²) in [5.41, 5.74) is 4.79. The van der Waals surface area contributed by atoms with Crippen molar-refractivity contribution in [3.05, 3.63) is 71.9 Å². The highest BCUT2D eigenvalue weighted by atomic mass is 16.5. The van der Waals surface area contributed by atoms with Crippen LogP contribution in [-0.2, 0) is 10.2 Å². The van der Waals surface area contributed by atoms with Crippen LogP contribution in [0.2, 0.25) is 0 Å². The van der Waals surface area contributed by atoms with Gasteiger partial charge in [-0.2, -0.15) is 0 Å². The fourth-order valence-corrected chi connectivity index (χ4v) is 4.66. The number of pyridine rings is 1. The number of anilines is 2. The van der Waals surface area contributed by atoms with E-state index < -0.39 is 0 Å². The van der Waals surface area contributed by atoms with Crippen molar-refractivity contribution in [2.45, 2.75) is 53.1 Å². The van der Waals surface area contributed by atoms with Crippen molar-refractivity contribution in [3.8, 4) is 11.6 Å². The Bertz CT molecular complexity index is 1370. The average Bonchev–Trinajstić information content (AvgIpc) is 3.24. The predicted octanol–water partition coefficient (Wildman–Crippen LogP) is 7.46. The quantitative estimate of drug-likeness (QED) is 0.228. The topological polar surface area (TPSA) is 75.3 Å². The molecule has 0 aliphatic rings. The maximum Gasteiger partial charge on any atom is 0.243 e. The van der Waals surface area contributed by atoms with Gasteiger partial charge in [-0.05, 0) is 62.3 Å². The Morgan fingerprint density at radius 3 is 2.50 bits per heavy atom. The molecule has 2 heterocycles. The minimum atomic E-state index is -0.0572. The Morgan fingerprint density at radius 1 is 1.00 bits per heavy atom. The van der Waals surface area contributed by atoms with Gasteiger partial charge >= 0.3 is 0 Å². The van der Waals surface area contributed by atoms with E-state index in [4.69, 9.17) is 14.5 Å². The van der Waals surface area contributed by atoms with Crippen molar-refractivity contribution in [2.75, 3.05) is 32.6 Å². The number of nitrogens with zero attached hydrogens (tertiary/aromatic N) is 3. The lowest BCUT2D eigenvalue weighted by Crippen LogP contribution is -2.32. The summed E-state index contributed by atoms with van der Waals surface area (Å²) in [6.45, 7) is 14.7. The predicted molar refractivity (Wildman–Crippen MR) is 156 cm³/mol. The molecule has 1 unspecified atom stereocenters. The number of fused-ring (bicyclic) bond motifs is 1. The van der Waals surface area contributed by atoms with Gasteiger partial charge < -0.3 is 24.7 Å². The Kier molecular flexibility index (Phi) is 8.09. The highest BCUT2D eigenvalue weighted by Gasteiger charge is 2.22. The van der Waals surface area contributed by atoms with Crippen LogP contribution < -0.4 is 10.1 Å². The lowest BCUT2D eigenvalue weighted by atomic mass is 9.86. The summed E-state index contributed by atoms with van der Waals surface area (Å²) in [5.74, 6) is 1.91. The van der Waals surface area contributed by atoms with Crippen LogP contribution in [0.3, 0.4) is 0 Å². The van der Waals surface area contributed by atoms with E-state index in [0.717, 1.165) is 40.1 Å². The SMILES string of the molecule is CC(OCC(C)(C)CN(C)C)c1ccc2nc(Nc3cccnc3Oc3ccccc3C(C)(C)C)[nH]c2c1. The number of H-pyrrole nitrogens is 1. The monoisotopic (exact) mass is 515 g/mol. The number of imidazole rings is 1. The number of nitrogens with one attached hydrogen (secondary N) is 2. The number of aromatic nitrogens is 3. The first-order chi connectivity index (χ1) is 17.9. The molecule has 0 fully saturated rings. The molecular weight excluding hydrogens is 474 g/mol. The third kappa shape index (κ3) is 6.91. The first kappa shape index (κ1) is 27.6. The molecule has 0 saturated carbocycles. The largest absolute Gasteiger partial charge is 0.437 e. The summed E-state index contributed by atoms with van der Waals surface area (Å²) >= 11 is 0. The summed E-state index contributed by atoms with van der Waals surface area (Å²) < 4.78 is 12.6. The van der Waals surface area contributed by atoms with E-state index in [1.54, 1.807) is 6.20 Å². The van der Waals surface area contributed by atoms with Crippen molar-refractivity contribution in [1.29, 1.82) is 0 Å². The van der Waals surface area contributed by atoms with Gasteiger partial charge in [-0.3, -0.25) is 0 Å². The highest BCUT2D eigenvalue weighted by molar-refractivity contribution is 5.79. The van der Waals surface area contributed by atoms with E-state index in [1.165, 1.54) is 0 Å². The van der Waals surface area contributed by atoms with Gasteiger partial charge in [0.05, 0.1) is 23.7 Å². The molecule has 0 aliphatic carbocycles. The first-order valence-electron chi connectivity index (χ1n) is 13.2. The number of hydrogen-bond acceptors (Lipinski definition) is 6. The number of hydrogen-bond donors (Lipinski definition) is 2. The Morgan fingerprint density at radius 2 is 1.76 bits per heavy atom. The number of aromatic amines is 1. The second-order valence-corrected chi connectivity index (χ2v) is 12.0. The zero-order chi connectivity index (χ0) is 27.5. The maximum atomic E-state index is 6.31. The number of ether oxygens (including phenoxy) is 2. The van der Waals surface area contributed by atoms with Gasteiger partial charge in [-0.1, -0.05) is 58.9 Å². The van der Waals surface area contributed by atoms with Crippen molar-refractivity contribution in [3.63, 3.8) is 0 Å². The third-order valence-corrected chi connectivity index (χ3v) is 6.37. The number of para-hydroxylation sites is 1. The van der Waals surface area contributed by atoms with E-state index in [1.807, 2.05) is 36.4 Å². The smallest absolute Gasteiger partial charge is 0.243 e. The Labute approximate surface area is 226 Å². The second kappa shape index (κ2) is 11.1. The number of rotatable bonds is 10. The minimum absolute atomic E-state index is 0.0262. The van der Waals surface area contributed by atoms with Crippen molar-refractivity contribution >= 4 is 22.7 Å². The third-order valence-electron chi connectivity index (χ3n) is 6.37. The van der Waals surface area contributed by atoms with Gasteiger partial charge in [0.1, 0.15) is 11.4 Å². The van der Waals surface area contributed by atoms with Crippen LogP contribution in [0.15, 0.2) is 60.8 Å². The van der Waals surface area contributed by atoms with Gasteiger partial charge in [-0.15, -0.1) is 0 Å². The molecule has 0 spiro atoms. The van der Waals surface area contributed by atoms with Crippen LogP contribution in [0.1, 0.15) is 58.8 Å².